The maximum Gasteiger partial charge on any atom is 0.417 e. The number of benzene rings is 2. The summed E-state index contributed by atoms with van der Waals surface area (Å²) >= 11 is 0. The summed E-state index contributed by atoms with van der Waals surface area (Å²) in [6.45, 7) is 1.57. The van der Waals surface area contributed by atoms with Gasteiger partial charge < -0.3 is 9.80 Å². The Bertz CT molecular complexity index is 1010. The van der Waals surface area contributed by atoms with Crippen LogP contribution >= 0.6 is 0 Å². The van der Waals surface area contributed by atoms with Crippen LogP contribution in [0, 0.1) is 0 Å². The van der Waals surface area contributed by atoms with Crippen LogP contribution in [0.2, 0.25) is 0 Å². The second kappa shape index (κ2) is 8.14. The SMILES string of the molecule is O=C(c1ccccc1C(F)(F)F)N1CCN(c2ccc(-c3ccccc3)nn2)CC1. The van der Waals surface area contributed by atoms with E-state index in [0.717, 1.165) is 17.3 Å². The Morgan fingerprint density at radius 3 is 2.10 bits per heavy atom. The highest BCUT2D eigenvalue weighted by Gasteiger charge is 2.36. The van der Waals surface area contributed by atoms with Crippen LogP contribution in [-0.2, 0) is 6.18 Å². The molecule has 1 aromatic heterocycles. The lowest BCUT2D eigenvalue weighted by atomic mass is 10.1. The van der Waals surface area contributed by atoms with Crippen molar-refractivity contribution in [2.45, 2.75) is 6.18 Å². The van der Waals surface area contributed by atoms with Gasteiger partial charge in [-0.1, -0.05) is 42.5 Å². The molecule has 1 aliphatic heterocycles. The Balaban J connectivity index is 1.43. The summed E-state index contributed by atoms with van der Waals surface area (Å²) in [5.74, 6) is 0.0746. The van der Waals surface area contributed by atoms with E-state index in [2.05, 4.69) is 10.2 Å². The summed E-state index contributed by atoms with van der Waals surface area (Å²) in [5.41, 5.74) is 0.512. The molecule has 1 aliphatic rings. The number of aromatic nitrogens is 2. The van der Waals surface area contributed by atoms with Crippen LogP contribution in [0.15, 0.2) is 66.7 Å². The Hall–Kier alpha value is -3.42. The predicted molar refractivity (Wildman–Crippen MR) is 107 cm³/mol. The molecular formula is C22H19F3N4O. The number of anilines is 1. The zero-order valence-electron chi connectivity index (χ0n) is 16.0. The van der Waals surface area contributed by atoms with Crippen LogP contribution in [0.25, 0.3) is 11.3 Å². The fraction of sp³-hybridized carbons (Fsp3) is 0.227. The van der Waals surface area contributed by atoms with Crippen molar-refractivity contribution < 1.29 is 18.0 Å². The van der Waals surface area contributed by atoms with Crippen LogP contribution in [-0.4, -0.2) is 47.2 Å². The van der Waals surface area contributed by atoms with Crippen LogP contribution in [0.1, 0.15) is 15.9 Å². The van der Waals surface area contributed by atoms with Gasteiger partial charge in [0.25, 0.3) is 5.91 Å². The summed E-state index contributed by atoms with van der Waals surface area (Å²) in [5, 5.41) is 8.54. The molecule has 154 valence electrons. The molecule has 0 radical (unpaired) electrons. The molecule has 2 heterocycles. The van der Waals surface area contributed by atoms with Crippen LogP contribution in [0.3, 0.4) is 0 Å². The predicted octanol–water partition coefficient (Wildman–Crippen LogP) is 4.12. The van der Waals surface area contributed by atoms with E-state index in [0.29, 0.717) is 32.0 Å². The van der Waals surface area contributed by atoms with Crippen molar-refractivity contribution in [1.29, 1.82) is 0 Å². The lowest BCUT2D eigenvalue weighted by molar-refractivity contribution is -0.138. The Labute approximate surface area is 171 Å². The number of amides is 1. The second-order valence-electron chi connectivity index (χ2n) is 6.97. The van der Waals surface area contributed by atoms with Gasteiger partial charge in [-0.2, -0.15) is 13.2 Å². The third-order valence-electron chi connectivity index (χ3n) is 5.07. The summed E-state index contributed by atoms with van der Waals surface area (Å²) < 4.78 is 39.7. The van der Waals surface area contributed by atoms with E-state index in [4.69, 9.17) is 0 Å². The molecule has 0 spiro atoms. The Morgan fingerprint density at radius 2 is 1.47 bits per heavy atom. The van der Waals surface area contributed by atoms with Crippen molar-refractivity contribution in [2.24, 2.45) is 0 Å². The van der Waals surface area contributed by atoms with Crippen molar-refractivity contribution in [2.75, 3.05) is 31.1 Å². The Morgan fingerprint density at radius 1 is 0.800 bits per heavy atom. The summed E-state index contributed by atoms with van der Waals surface area (Å²) in [7, 11) is 0. The highest BCUT2D eigenvalue weighted by Crippen LogP contribution is 2.32. The van der Waals surface area contributed by atoms with E-state index in [1.165, 1.54) is 23.1 Å². The van der Waals surface area contributed by atoms with Crippen molar-refractivity contribution in [3.63, 3.8) is 0 Å². The number of piperazine rings is 1. The van der Waals surface area contributed by atoms with Crippen molar-refractivity contribution in [3.8, 4) is 11.3 Å². The molecule has 0 aliphatic carbocycles. The average Bonchev–Trinajstić information content (AvgIpc) is 2.79. The first-order chi connectivity index (χ1) is 14.4. The smallest absolute Gasteiger partial charge is 0.352 e. The maximum absolute atomic E-state index is 13.2. The fourth-order valence-electron chi connectivity index (χ4n) is 3.48. The topological polar surface area (TPSA) is 49.3 Å². The molecule has 3 aromatic rings. The zero-order valence-corrected chi connectivity index (χ0v) is 16.0. The highest BCUT2D eigenvalue weighted by molar-refractivity contribution is 5.96. The van der Waals surface area contributed by atoms with Gasteiger partial charge in [-0.25, -0.2) is 0 Å². The first-order valence-electron chi connectivity index (χ1n) is 9.53. The van der Waals surface area contributed by atoms with Crippen molar-refractivity contribution in [1.82, 2.24) is 15.1 Å². The third kappa shape index (κ3) is 4.12. The molecule has 0 bridgehead atoms. The lowest BCUT2D eigenvalue weighted by Crippen LogP contribution is -2.49. The van der Waals surface area contributed by atoms with Crippen molar-refractivity contribution >= 4 is 11.7 Å². The molecule has 30 heavy (non-hydrogen) atoms. The molecule has 0 atom stereocenters. The highest BCUT2D eigenvalue weighted by atomic mass is 19.4. The van der Waals surface area contributed by atoms with E-state index in [-0.39, 0.29) is 5.56 Å². The Kier molecular flexibility index (Phi) is 5.39. The molecular weight excluding hydrogens is 393 g/mol. The summed E-state index contributed by atoms with van der Waals surface area (Å²) in [6, 6.07) is 18.3. The van der Waals surface area contributed by atoms with E-state index in [1.807, 2.05) is 47.4 Å². The number of carbonyl (C=O) groups is 1. The molecule has 0 unspecified atom stereocenters. The molecule has 0 saturated carbocycles. The maximum atomic E-state index is 13.2. The minimum Gasteiger partial charge on any atom is -0.352 e. The van der Waals surface area contributed by atoms with Gasteiger partial charge >= 0.3 is 6.18 Å². The minimum absolute atomic E-state index is 0.313. The number of hydrogen-bond acceptors (Lipinski definition) is 4. The zero-order chi connectivity index (χ0) is 21.1. The molecule has 8 heteroatoms. The molecule has 1 saturated heterocycles. The van der Waals surface area contributed by atoms with Gasteiger partial charge in [0.2, 0.25) is 0 Å². The lowest BCUT2D eigenvalue weighted by Gasteiger charge is -2.35. The van der Waals surface area contributed by atoms with E-state index in [1.54, 1.807) is 0 Å². The molecule has 2 aromatic carbocycles. The molecule has 1 fully saturated rings. The van der Waals surface area contributed by atoms with E-state index < -0.39 is 17.6 Å². The van der Waals surface area contributed by atoms with Gasteiger partial charge in [0, 0.05) is 31.7 Å². The summed E-state index contributed by atoms with van der Waals surface area (Å²) in [6.07, 6.45) is -4.57. The van der Waals surface area contributed by atoms with Crippen LogP contribution in [0.5, 0.6) is 0 Å². The molecule has 1 amide bonds. The normalized spacial score (nSPS) is 14.6. The standard InChI is InChI=1S/C22H19F3N4O/c23-22(24,25)18-9-5-4-8-17(18)21(30)29-14-12-28(13-15-29)20-11-10-19(26-27-20)16-6-2-1-3-7-16/h1-11H,12-15H2. The third-order valence-corrected chi connectivity index (χ3v) is 5.07. The number of halogens is 3. The van der Waals surface area contributed by atoms with Crippen LogP contribution in [0.4, 0.5) is 19.0 Å². The van der Waals surface area contributed by atoms with Gasteiger partial charge in [-0.15, -0.1) is 10.2 Å². The van der Waals surface area contributed by atoms with E-state index in [9.17, 15) is 18.0 Å². The number of alkyl halides is 3. The molecule has 5 nitrogen and oxygen atoms in total. The van der Waals surface area contributed by atoms with Gasteiger partial charge in [-0.3, -0.25) is 4.79 Å². The first kappa shape index (κ1) is 19.9. The number of carbonyl (C=O) groups excluding carboxylic acids is 1. The first-order valence-corrected chi connectivity index (χ1v) is 9.53. The molecule has 0 N–H and O–H groups in total. The van der Waals surface area contributed by atoms with Crippen LogP contribution < -0.4 is 4.90 Å². The average molecular weight is 412 g/mol. The van der Waals surface area contributed by atoms with Crippen molar-refractivity contribution in [3.05, 3.63) is 77.9 Å². The second-order valence-corrected chi connectivity index (χ2v) is 6.97. The number of rotatable bonds is 3. The summed E-state index contributed by atoms with van der Waals surface area (Å²) in [4.78, 5) is 16.1. The number of nitrogens with zero attached hydrogens (tertiary/aromatic N) is 4. The van der Waals surface area contributed by atoms with Gasteiger partial charge in [0.1, 0.15) is 0 Å². The fourth-order valence-corrected chi connectivity index (χ4v) is 3.48. The van der Waals surface area contributed by atoms with Gasteiger partial charge in [0.05, 0.1) is 16.8 Å². The monoisotopic (exact) mass is 412 g/mol. The number of hydrogen-bond donors (Lipinski definition) is 0. The van der Waals surface area contributed by atoms with E-state index >= 15 is 0 Å². The minimum atomic E-state index is -4.57. The quantitative estimate of drug-likeness (QED) is 0.649. The van der Waals surface area contributed by atoms with Gasteiger partial charge in [0.15, 0.2) is 5.82 Å². The largest absolute Gasteiger partial charge is 0.417 e. The van der Waals surface area contributed by atoms with Gasteiger partial charge in [-0.05, 0) is 24.3 Å². The molecule has 4 rings (SSSR count).